The molecule has 0 aromatic heterocycles. The number of benzene rings is 1. The number of nitrogens with zero attached hydrogens (tertiary/aromatic N) is 1. The molecule has 1 aliphatic carbocycles. The van der Waals surface area contributed by atoms with Gasteiger partial charge in [-0.05, 0) is 53.9 Å². The van der Waals surface area contributed by atoms with Crippen LogP contribution in [0, 0.1) is 11.3 Å². The molecule has 1 aromatic carbocycles. The first-order valence-corrected chi connectivity index (χ1v) is 11.3. The van der Waals surface area contributed by atoms with E-state index < -0.39 is 17.4 Å². The summed E-state index contributed by atoms with van der Waals surface area (Å²) in [7, 11) is 0. The van der Waals surface area contributed by atoms with Crippen molar-refractivity contribution < 1.29 is 18.7 Å². The number of nitrogens with one attached hydrogen (secondary N) is 1. The van der Waals surface area contributed by atoms with Crippen LogP contribution in [-0.4, -0.2) is 35.1 Å². The number of hydrogen-bond donors (Lipinski definition) is 2. The van der Waals surface area contributed by atoms with Crippen LogP contribution in [0.1, 0.15) is 64.5 Å². The van der Waals surface area contributed by atoms with Crippen molar-refractivity contribution in [1.29, 1.82) is 0 Å². The maximum atomic E-state index is 13.7. The molecule has 3 rings (SSSR count). The Kier molecular flexibility index (Phi) is 6.73. The van der Waals surface area contributed by atoms with Crippen molar-refractivity contribution in [2.45, 2.75) is 71.3 Å². The SMILES string of the molecule is CC(C)(C)CCc1ccc([C@]2(C)NCN(CCC(=O)O)C=C2C2CC(F)(F)C2)cc1Cl. The van der Waals surface area contributed by atoms with Gasteiger partial charge in [0.25, 0.3) is 0 Å². The predicted molar refractivity (Wildman–Crippen MR) is 119 cm³/mol. The monoisotopic (exact) mass is 454 g/mol. The zero-order chi connectivity index (χ0) is 23.0. The van der Waals surface area contributed by atoms with Crippen LogP contribution in [-0.2, 0) is 16.8 Å². The van der Waals surface area contributed by atoms with E-state index >= 15 is 0 Å². The Hall–Kier alpha value is -1.66. The van der Waals surface area contributed by atoms with Crippen molar-refractivity contribution in [3.63, 3.8) is 0 Å². The number of hydrogen-bond acceptors (Lipinski definition) is 3. The van der Waals surface area contributed by atoms with Gasteiger partial charge < -0.3 is 10.0 Å². The molecule has 172 valence electrons. The van der Waals surface area contributed by atoms with Crippen molar-refractivity contribution in [3.05, 3.63) is 46.1 Å². The Balaban J connectivity index is 1.87. The van der Waals surface area contributed by atoms with Crippen LogP contribution in [0.25, 0.3) is 0 Å². The fourth-order valence-electron chi connectivity index (χ4n) is 4.35. The first kappa shape index (κ1) is 24.0. The van der Waals surface area contributed by atoms with Gasteiger partial charge in [-0.25, -0.2) is 8.78 Å². The van der Waals surface area contributed by atoms with Crippen LogP contribution in [0.2, 0.25) is 5.02 Å². The van der Waals surface area contributed by atoms with E-state index in [9.17, 15) is 13.6 Å². The summed E-state index contributed by atoms with van der Waals surface area (Å²) in [5, 5.41) is 13.2. The molecule has 2 aliphatic rings. The van der Waals surface area contributed by atoms with E-state index in [1.807, 2.05) is 36.2 Å². The van der Waals surface area contributed by atoms with Gasteiger partial charge in [-0.3, -0.25) is 10.1 Å². The average Bonchev–Trinajstić information content (AvgIpc) is 2.63. The van der Waals surface area contributed by atoms with Crippen molar-refractivity contribution in [3.8, 4) is 0 Å². The third-order valence-electron chi connectivity index (χ3n) is 6.45. The van der Waals surface area contributed by atoms with Gasteiger partial charge in [-0.2, -0.15) is 0 Å². The second-order valence-electron chi connectivity index (χ2n) is 10.3. The van der Waals surface area contributed by atoms with Gasteiger partial charge in [0.05, 0.1) is 18.6 Å². The summed E-state index contributed by atoms with van der Waals surface area (Å²) < 4.78 is 27.4. The van der Waals surface area contributed by atoms with Crippen LogP contribution in [0.5, 0.6) is 0 Å². The van der Waals surface area contributed by atoms with E-state index in [-0.39, 0.29) is 30.6 Å². The number of carbonyl (C=O) groups is 1. The lowest BCUT2D eigenvalue weighted by molar-refractivity contribution is -0.137. The Bertz CT molecular complexity index is 858. The number of halogens is 3. The fourth-order valence-corrected chi connectivity index (χ4v) is 4.63. The van der Waals surface area contributed by atoms with Gasteiger partial charge in [-0.1, -0.05) is 44.5 Å². The average molecular weight is 455 g/mol. The van der Waals surface area contributed by atoms with Gasteiger partial charge in [0.15, 0.2) is 0 Å². The highest BCUT2D eigenvalue weighted by Crippen LogP contribution is 2.51. The molecular formula is C24H33ClF2N2O2. The Labute approximate surface area is 188 Å². The van der Waals surface area contributed by atoms with Crippen LogP contribution in [0.4, 0.5) is 8.78 Å². The van der Waals surface area contributed by atoms with Crippen molar-refractivity contribution >= 4 is 17.6 Å². The molecule has 0 unspecified atom stereocenters. The quantitative estimate of drug-likeness (QED) is 0.546. The molecule has 0 saturated heterocycles. The highest BCUT2D eigenvalue weighted by Gasteiger charge is 2.51. The predicted octanol–water partition coefficient (Wildman–Crippen LogP) is 5.80. The standard InChI is InChI=1S/C24H33ClF2N2O2/c1-22(2,3)9-7-16-5-6-18(11-20(16)25)23(4)19(17-12-24(26,27)13-17)14-29(15-28-23)10-8-21(30)31/h5-6,11,14,17,28H,7-10,12-13,15H2,1-4H3,(H,30,31)/t23-/m0/s1. The first-order valence-electron chi connectivity index (χ1n) is 10.9. The Morgan fingerprint density at radius 2 is 2.00 bits per heavy atom. The lowest BCUT2D eigenvalue weighted by Gasteiger charge is -2.48. The van der Waals surface area contributed by atoms with E-state index in [1.165, 1.54) is 0 Å². The first-order chi connectivity index (χ1) is 14.3. The van der Waals surface area contributed by atoms with Gasteiger partial charge >= 0.3 is 5.97 Å². The lowest BCUT2D eigenvalue weighted by atomic mass is 9.68. The molecule has 1 saturated carbocycles. The highest BCUT2D eigenvalue weighted by molar-refractivity contribution is 6.31. The molecular weight excluding hydrogens is 422 g/mol. The molecule has 1 aromatic rings. The molecule has 0 radical (unpaired) electrons. The molecule has 1 heterocycles. The van der Waals surface area contributed by atoms with E-state index in [2.05, 4.69) is 26.1 Å². The van der Waals surface area contributed by atoms with Gasteiger partial charge in [-0.15, -0.1) is 0 Å². The van der Waals surface area contributed by atoms with Crippen molar-refractivity contribution in [1.82, 2.24) is 10.2 Å². The summed E-state index contributed by atoms with van der Waals surface area (Å²) in [6, 6.07) is 6.03. The summed E-state index contributed by atoms with van der Waals surface area (Å²) in [6.07, 6.45) is 3.42. The van der Waals surface area contributed by atoms with Gasteiger partial charge in [0, 0.05) is 30.6 Å². The van der Waals surface area contributed by atoms with Crippen molar-refractivity contribution in [2.24, 2.45) is 11.3 Å². The highest BCUT2D eigenvalue weighted by atomic mass is 35.5. The van der Waals surface area contributed by atoms with Gasteiger partial charge in [0.1, 0.15) is 0 Å². The summed E-state index contributed by atoms with van der Waals surface area (Å²) in [5.41, 5.74) is 2.48. The molecule has 1 fully saturated rings. The smallest absolute Gasteiger partial charge is 0.305 e. The van der Waals surface area contributed by atoms with Crippen LogP contribution in [0.3, 0.4) is 0 Å². The number of aliphatic carboxylic acids is 1. The maximum absolute atomic E-state index is 13.7. The molecule has 0 spiro atoms. The molecule has 4 nitrogen and oxygen atoms in total. The Morgan fingerprint density at radius 1 is 1.32 bits per heavy atom. The molecule has 0 bridgehead atoms. The van der Waals surface area contributed by atoms with E-state index in [1.54, 1.807) is 0 Å². The third kappa shape index (κ3) is 5.78. The third-order valence-corrected chi connectivity index (χ3v) is 6.80. The van der Waals surface area contributed by atoms with Crippen molar-refractivity contribution in [2.75, 3.05) is 13.2 Å². The topological polar surface area (TPSA) is 52.6 Å². The minimum Gasteiger partial charge on any atom is -0.481 e. The molecule has 1 atom stereocenters. The molecule has 2 N–H and O–H groups in total. The zero-order valence-electron chi connectivity index (χ0n) is 18.8. The summed E-state index contributed by atoms with van der Waals surface area (Å²) in [6.45, 7) is 9.37. The Morgan fingerprint density at radius 3 is 2.55 bits per heavy atom. The molecule has 0 amide bonds. The minimum atomic E-state index is -2.63. The molecule has 7 heteroatoms. The number of carboxylic acid groups (broad SMARTS) is 1. The molecule has 1 aliphatic heterocycles. The van der Waals surface area contributed by atoms with Crippen LogP contribution in [0.15, 0.2) is 30.0 Å². The van der Waals surface area contributed by atoms with E-state index in [4.69, 9.17) is 16.7 Å². The fraction of sp³-hybridized carbons (Fsp3) is 0.625. The number of aryl methyl sites for hydroxylation is 1. The largest absolute Gasteiger partial charge is 0.481 e. The van der Waals surface area contributed by atoms with Crippen LogP contribution < -0.4 is 5.32 Å². The van der Waals surface area contributed by atoms with E-state index in [0.29, 0.717) is 18.2 Å². The van der Waals surface area contributed by atoms with Gasteiger partial charge in [0.2, 0.25) is 5.92 Å². The van der Waals surface area contributed by atoms with Crippen LogP contribution >= 0.6 is 11.6 Å². The summed E-state index contributed by atoms with van der Waals surface area (Å²) in [4.78, 5) is 12.8. The summed E-state index contributed by atoms with van der Waals surface area (Å²) in [5.74, 6) is -3.76. The second-order valence-corrected chi connectivity index (χ2v) is 10.7. The molecule has 31 heavy (non-hydrogen) atoms. The minimum absolute atomic E-state index is 0.00268. The number of rotatable bonds is 7. The normalized spacial score (nSPS) is 24.0. The zero-order valence-corrected chi connectivity index (χ0v) is 19.5. The second kappa shape index (κ2) is 8.70. The lowest BCUT2D eigenvalue weighted by Crippen LogP contribution is -2.54. The number of alkyl halides is 2. The van der Waals surface area contributed by atoms with E-state index in [0.717, 1.165) is 29.5 Å². The summed E-state index contributed by atoms with van der Waals surface area (Å²) >= 11 is 6.63. The maximum Gasteiger partial charge on any atom is 0.305 e. The number of carboxylic acids is 1.